The first-order chi connectivity index (χ1) is 6.65. The number of hydrogen-bond acceptors (Lipinski definition) is 4. The van der Waals surface area contributed by atoms with E-state index >= 15 is 0 Å². The van der Waals surface area contributed by atoms with E-state index in [2.05, 4.69) is 9.97 Å². The van der Waals surface area contributed by atoms with Gasteiger partial charge in [-0.05, 0) is 13.8 Å². The Morgan fingerprint density at radius 2 is 2.36 bits per heavy atom. The molecule has 1 aromatic heterocycles. The summed E-state index contributed by atoms with van der Waals surface area (Å²) in [5.74, 6) is -1.23. The predicted molar refractivity (Wildman–Crippen MR) is 49.3 cm³/mol. The summed E-state index contributed by atoms with van der Waals surface area (Å²) >= 11 is 0. The molecule has 1 N–H and O–H groups in total. The van der Waals surface area contributed by atoms with E-state index in [0.717, 1.165) is 0 Å². The quantitative estimate of drug-likeness (QED) is 0.779. The molecule has 0 aliphatic heterocycles. The van der Waals surface area contributed by atoms with Gasteiger partial charge in [-0.15, -0.1) is 0 Å². The molecule has 1 rings (SSSR count). The Morgan fingerprint density at radius 1 is 1.64 bits per heavy atom. The van der Waals surface area contributed by atoms with Crippen LogP contribution in [0.5, 0.6) is 5.88 Å². The van der Waals surface area contributed by atoms with Gasteiger partial charge in [0.15, 0.2) is 0 Å². The van der Waals surface area contributed by atoms with Gasteiger partial charge in [0.05, 0.1) is 24.4 Å². The lowest BCUT2D eigenvalue weighted by Crippen LogP contribution is -2.10. The maximum absolute atomic E-state index is 10.7. The summed E-state index contributed by atoms with van der Waals surface area (Å²) in [6, 6.07) is 0. The fourth-order valence-electron chi connectivity index (χ4n) is 0.915. The summed E-state index contributed by atoms with van der Waals surface area (Å²) in [6.07, 6.45) is 2.89. The maximum atomic E-state index is 10.7. The molecule has 0 radical (unpaired) electrons. The maximum Gasteiger partial charge on any atom is 0.312 e. The Hall–Kier alpha value is -1.65. The molecule has 0 fully saturated rings. The van der Waals surface area contributed by atoms with Gasteiger partial charge < -0.3 is 9.84 Å². The SMILES string of the molecule is CCOc1cncc(C(C)C(=O)O)n1. The van der Waals surface area contributed by atoms with Crippen LogP contribution >= 0.6 is 0 Å². The molecule has 0 aromatic carbocycles. The van der Waals surface area contributed by atoms with Gasteiger partial charge in [-0.25, -0.2) is 4.98 Å². The van der Waals surface area contributed by atoms with Crippen LogP contribution in [0.2, 0.25) is 0 Å². The van der Waals surface area contributed by atoms with Crippen LogP contribution < -0.4 is 4.74 Å². The van der Waals surface area contributed by atoms with Gasteiger partial charge in [-0.2, -0.15) is 0 Å². The van der Waals surface area contributed by atoms with Crippen LogP contribution in [0.3, 0.4) is 0 Å². The molecule has 0 spiro atoms. The lowest BCUT2D eigenvalue weighted by molar-refractivity contribution is -0.138. The van der Waals surface area contributed by atoms with E-state index in [4.69, 9.17) is 9.84 Å². The molecule has 0 amide bonds. The van der Waals surface area contributed by atoms with Gasteiger partial charge in [0.25, 0.3) is 0 Å². The molecule has 1 aromatic rings. The Kier molecular flexibility index (Phi) is 3.39. The van der Waals surface area contributed by atoms with Crippen molar-refractivity contribution in [1.29, 1.82) is 0 Å². The molecule has 76 valence electrons. The van der Waals surface area contributed by atoms with E-state index in [1.54, 1.807) is 6.92 Å². The summed E-state index contributed by atoms with van der Waals surface area (Å²) in [5.41, 5.74) is 0.406. The van der Waals surface area contributed by atoms with E-state index in [1.807, 2.05) is 6.92 Å². The lowest BCUT2D eigenvalue weighted by Gasteiger charge is -2.06. The summed E-state index contributed by atoms with van der Waals surface area (Å²) in [7, 11) is 0. The van der Waals surface area contributed by atoms with E-state index in [-0.39, 0.29) is 0 Å². The Morgan fingerprint density at radius 3 is 2.93 bits per heavy atom. The van der Waals surface area contributed by atoms with Crippen LogP contribution in [0.4, 0.5) is 0 Å². The number of aliphatic carboxylic acids is 1. The molecular formula is C9H12N2O3. The topological polar surface area (TPSA) is 72.3 Å². The monoisotopic (exact) mass is 196 g/mol. The van der Waals surface area contributed by atoms with Gasteiger partial charge in [0.1, 0.15) is 0 Å². The Labute approximate surface area is 81.8 Å². The molecule has 5 heteroatoms. The second-order valence-corrected chi connectivity index (χ2v) is 2.78. The third-order valence-corrected chi connectivity index (χ3v) is 1.74. The third kappa shape index (κ3) is 2.42. The number of carboxylic acid groups (broad SMARTS) is 1. The van der Waals surface area contributed by atoms with Gasteiger partial charge in [0.2, 0.25) is 5.88 Å². The first-order valence-electron chi connectivity index (χ1n) is 4.32. The van der Waals surface area contributed by atoms with Crippen LogP contribution in [0.1, 0.15) is 25.5 Å². The molecule has 1 atom stereocenters. The number of carbonyl (C=O) groups is 1. The second kappa shape index (κ2) is 4.55. The number of rotatable bonds is 4. The highest BCUT2D eigenvalue weighted by Gasteiger charge is 2.15. The van der Waals surface area contributed by atoms with E-state index in [9.17, 15) is 4.79 Å². The lowest BCUT2D eigenvalue weighted by atomic mass is 10.1. The van der Waals surface area contributed by atoms with Gasteiger partial charge in [-0.1, -0.05) is 0 Å². The Bertz CT molecular complexity index is 328. The van der Waals surface area contributed by atoms with Crippen molar-refractivity contribution in [3.63, 3.8) is 0 Å². The van der Waals surface area contributed by atoms with E-state index in [0.29, 0.717) is 18.2 Å². The number of ether oxygens (including phenoxy) is 1. The summed E-state index contributed by atoms with van der Waals surface area (Å²) in [5, 5.41) is 8.75. The highest BCUT2D eigenvalue weighted by molar-refractivity contribution is 5.74. The van der Waals surface area contributed by atoms with Crippen molar-refractivity contribution >= 4 is 5.97 Å². The first kappa shape index (κ1) is 10.4. The molecular weight excluding hydrogens is 184 g/mol. The number of carboxylic acids is 1. The van der Waals surface area contributed by atoms with Gasteiger partial charge in [0, 0.05) is 6.20 Å². The number of nitrogens with zero attached hydrogens (tertiary/aromatic N) is 2. The zero-order chi connectivity index (χ0) is 10.6. The minimum atomic E-state index is -0.923. The molecule has 1 unspecified atom stereocenters. The van der Waals surface area contributed by atoms with Crippen molar-refractivity contribution in [2.24, 2.45) is 0 Å². The molecule has 0 bridgehead atoms. The van der Waals surface area contributed by atoms with Crippen molar-refractivity contribution in [1.82, 2.24) is 9.97 Å². The van der Waals surface area contributed by atoms with Crippen LogP contribution in [0, 0.1) is 0 Å². The average molecular weight is 196 g/mol. The highest BCUT2D eigenvalue weighted by Crippen LogP contribution is 2.14. The van der Waals surface area contributed by atoms with Crippen molar-refractivity contribution in [2.45, 2.75) is 19.8 Å². The minimum Gasteiger partial charge on any atom is -0.481 e. The van der Waals surface area contributed by atoms with Gasteiger partial charge in [-0.3, -0.25) is 9.78 Å². The summed E-state index contributed by atoms with van der Waals surface area (Å²) in [4.78, 5) is 18.5. The number of aromatic nitrogens is 2. The molecule has 0 aliphatic carbocycles. The van der Waals surface area contributed by atoms with Crippen LogP contribution in [-0.4, -0.2) is 27.7 Å². The van der Waals surface area contributed by atoms with Crippen LogP contribution in [0.15, 0.2) is 12.4 Å². The molecule has 0 aliphatic rings. The molecule has 0 saturated carbocycles. The molecule has 1 heterocycles. The van der Waals surface area contributed by atoms with Crippen molar-refractivity contribution in [3.05, 3.63) is 18.1 Å². The zero-order valence-corrected chi connectivity index (χ0v) is 8.10. The minimum absolute atomic E-state index is 0.359. The first-order valence-corrected chi connectivity index (χ1v) is 4.32. The van der Waals surface area contributed by atoms with Gasteiger partial charge >= 0.3 is 5.97 Å². The average Bonchev–Trinajstić information content (AvgIpc) is 2.17. The Balaban J connectivity index is 2.87. The molecule has 5 nitrogen and oxygen atoms in total. The zero-order valence-electron chi connectivity index (χ0n) is 8.10. The molecule has 14 heavy (non-hydrogen) atoms. The van der Waals surface area contributed by atoms with Crippen LogP contribution in [0.25, 0.3) is 0 Å². The number of hydrogen-bond donors (Lipinski definition) is 1. The normalized spacial score (nSPS) is 12.1. The summed E-state index contributed by atoms with van der Waals surface area (Å²) < 4.78 is 5.11. The van der Waals surface area contributed by atoms with Crippen molar-refractivity contribution in [3.8, 4) is 5.88 Å². The van der Waals surface area contributed by atoms with Crippen molar-refractivity contribution < 1.29 is 14.6 Å². The van der Waals surface area contributed by atoms with E-state index < -0.39 is 11.9 Å². The standard InChI is InChI=1S/C9H12N2O3/c1-3-14-8-5-10-4-7(11-8)6(2)9(12)13/h4-6H,3H2,1-2H3,(H,12,13). The predicted octanol–water partition coefficient (Wildman–Crippen LogP) is 1.06. The highest BCUT2D eigenvalue weighted by atomic mass is 16.5. The summed E-state index contributed by atoms with van der Waals surface area (Å²) in [6.45, 7) is 3.87. The largest absolute Gasteiger partial charge is 0.481 e. The van der Waals surface area contributed by atoms with Crippen LogP contribution in [-0.2, 0) is 4.79 Å². The third-order valence-electron chi connectivity index (χ3n) is 1.74. The van der Waals surface area contributed by atoms with Crippen molar-refractivity contribution in [2.75, 3.05) is 6.61 Å². The second-order valence-electron chi connectivity index (χ2n) is 2.78. The smallest absolute Gasteiger partial charge is 0.312 e. The fourth-order valence-corrected chi connectivity index (χ4v) is 0.915. The molecule has 0 saturated heterocycles. The van der Waals surface area contributed by atoms with E-state index in [1.165, 1.54) is 12.4 Å². The fraction of sp³-hybridized carbons (Fsp3) is 0.444.